The summed E-state index contributed by atoms with van der Waals surface area (Å²) in [6.07, 6.45) is 0. The minimum absolute atomic E-state index is 0.781. The third-order valence-electron chi connectivity index (χ3n) is 2.93. The van der Waals surface area contributed by atoms with Crippen molar-refractivity contribution in [2.24, 2.45) is 0 Å². The zero-order valence-corrected chi connectivity index (χ0v) is 10.4. The molecule has 1 heterocycles. The number of fused-ring (bicyclic) bond motifs is 1. The van der Waals surface area contributed by atoms with Crippen LogP contribution in [0.4, 0.5) is 0 Å². The normalized spacial score (nSPS) is 11.9. The molecule has 0 saturated carbocycles. The summed E-state index contributed by atoms with van der Waals surface area (Å²) in [6, 6.07) is 8.09. The van der Waals surface area contributed by atoms with E-state index in [1.165, 1.54) is 5.56 Å². The second kappa shape index (κ2) is 3.59. The molecule has 0 bridgehead atoms. The molecule has 2 rings (SSSR count). The first-order valence-electron chi connectivity index (χ1n) is 5.16. The summed E-state index contributed by atoms with van der Waals surface area (Å²) in [5, 5.41) is 10.4. The van der Waals surface area contributed by atoms with Gasteiger partial charge in [-0.3, -0.25) is 4.79 Å². The summed E-state index contributed by atoms with van der Waals surface area (Å²) in [6.45, 7) is 5.54. The van der Waals surface area contributed by atoms with Gasteiger partial charge >= 0.3 is 5.97 Å². The van der Waals surface area contributed by atoms with E-state index in [0.29, 0.717) is 0 Å². The summed E-state index contributed by atoms with van der Waals surface area (Å²) >= 11 is 1.57. The van der Waals surface area contributed by atoms with Crippen LogP contribution < -0.4 is 0 Å². The van der Waals surface area contributed by atoms with Crippen LogP contribution in [0.15, 0.2) is 24.3 Å². The molecular formula is C13H14O2S. The average Bonchev–Trinajstić information content (AvgIpc) is 2.63. The van der Waals surface area contributed by atoms with E-state index >= 15 is 0 Å². The fourth-order valence-electron chi connectivity index (χ4n) is 1.62. The molecule has 0 saturated heterocycles. The summed E-state index contributed by atoms with van der Waals surface area (Å²) in [4.78, 5) is 12.1. The molecule has 84 valence electrons. The molecule has 16 heavy (non-hydrogen) atoms. The van der Waals surface area contributed by atoms with E-state index in [1.54, 1.807) is 25.2 Å². The predicted molar refractivity (Wildman–Crippen MR) is 67.2 cm³/mol. The third-order valence-corrected chi connectivity index (χ3v) is 4.35. The molecule has 1 aromatic heterocycles. The fourth-order valence-corrected chi connectivity index (χ4v) is 2.85. The first-order valence-corrected chi connectivity index (χ1v) is 5.97. The highest BCUT2D eigenvalue weighted by molar-refractivity contribution is 7.19. The Balaban J connectivity index is 2.64. The molecule has 0 aliphatic carbocycles. The van der Waals surface area contributed by atoms with Crippen molar-refractivity contribution in [2.45, 2.75) is 26.2 Å². The van der Waals surface area contributed by atoms with Gasteiger partial charge in [-0.15, -0.1) is 11.3 Å². The zero-order chi connectivity index (χ0) is 11.9. The lowest BCUT2D eigenvalue weighted by Crippen LogP contribution is -2.27. The maximum absolute atomic E-state index is 11.2. The number of benzene rings is 1. The smallest absolute Gasteiger partial charge is 0.314 e. The lowest BCUT2D eigenvalue weighted by molar-refractivity contribution is -0.142. The van der Waals surface area contributed by atoms with E-state index in [4.69, 9.17) is 0 Å². The number of hydrogen-bond acceptors (Lipinski definition) is 2. The van der Waals surface area contributed by atoms with E-state index in [2.05, 4.69) is 0 Å². The van der Waals surface area contributed by atoms with Gasteiger partial charge in [-0.1, -0.05) is 12.1 Å². The van der Waals surface area contributed by atoms with Gasteiger partial charge in [0.05, 0.1) is 5.41 Å². The number of aliphatic carboxylic acids is 1. The molecule has 1 aromatic carbocycles. The number of rotatable bonds is 2. The topological polar surface area (TPSA) is 37.3 Å². The highest BCUT2D eigenvalue weighted by Gasteiger charge is 2.31. The van der Waals surface area contributed by atoms with Crippen LogP contribution in [0.3, 0.4) is 0 Å². The molecule has 0 fully saturated rings. The van der Waals surface area contributed by atoms with Crippen molar-refractivity contribution in [2.75, 3.05) is 0 Å². The van der Waals surface area contributed by atoms with Gasteiger partial charge in [0, 0.05) is 9.58 Å². The highest BCUT2D eigenvalue weighted by atomic mass is 32.1. The molecule has 0 aliphatic rings. The highest BCUT2D eigenvalue weighted by Crippen LogP contribution is 2.35. The molecule has 0 unspecified atom stereocenters. The quantitative estimate of drug-likeness (QED) is 0.862. The number of carboxylic acid groups (broad SMARTS) is 1. The number of aryl methyl sites for hydroxylation is 1. The summed E-state index contributed by atoms with van der Waals surface area (Å²) in [5.41, 5.74) is 0.386. The SMILES string of the molecule is Cc1cccc2sc(C(C)(C)C(=O)O)cc12. The lowest BCUT2D eigenvalue weighted by Gasteiger charge is -2.16. The zero-order valence-electron chi connectivity index (χ0n) is 9.57. The average molecular weight is 234 g/mol. The van der Waals surface area contributed by atoms with Gasteiger partial charge in [0.15, 0.2) is 0 Å². The minimum atomic E-state index is -0.809. The second-order valence-electron chi connectivity index (χ2n) is 4.53. The van der Waals surface area contributed by atoms with Gasteiger partial charge in [-0.2, -0.15) is 0 Å². The maximum Gasteiger partial charge on any atom is 0.314 e. The van der Waals surface area contributed by atoms with Gasteiger partial charge < -0.3 is 5.11 Å². The fraction of sp³-hybridized carbons (Fsp3) is 0.308. The van der Waals surface area contributed by atoms with Crippen LogP contribution in [0.5, 0.6) is 0 Å². The molecular weight excluding hydrogens is 220 g/mol. The Kier molecular flexibility index (Phi) is 2.50. The number of thiophene rings is 1. The Hall–Kier alpha value is -1.35. The molecule has 0 radical (unpaired) electrons. The number of carboxylic acids is 1. The standard InChI is InChI=1S/C13H14O2S/c1-8-5-4-6-10-9(8)7-11(16-10)13(2,3)12(14)15/h4-7H,1-3H3,(H,14,15). The first-order chi connectivity index (χ1) is 7.43. The van der Waals surface area contributed by atoms with Crippen molar-refractivity contribution in [3.05, 3.63) is 34.7 Å². The van der Waals surface area contributed by atoms with Crippen LogP contribution in [-0.2, 0) is 10.2 Å². The van der Waals surface area contributed by atoms with E-state index in [1.807, 2.05) is 31.2 Å². The number of hydrogen-bond donors (Lipinski definition) is 1. The van der Waals surface area contributed by atoms with Crippen molar-refractivity contribution in [1.82, 2.24) is 0 Å². The van der Waals surface area contributed by atoms with Gasteiger partial charge in [0.25, 0.3) is 0 Å². The van der Waals surface area contributed by atoms with Crippen molar-refractivity contribution in [1.29, 1.82) is 0 Å². The second-order valence-corrected chi connectivity index (χ2v) is 5.61. The van der Waals surface area contributed by atoms with Crippen LogP contribution in [0, 0.1) is 6.92 Å². The van der Waals surface area contributed by atoms with Gasteiger partial charge in [-0.25, -0.2) is 0 Å². The van der Waals surface area contributed by atoms with E-state index < -0.39 is 11.4 Å². The van der Waals surface area contributed by atoms with Gasteiger partial charge in [-0.05, 0) is 43.9 Å². The van der Waals surface area contributed by atoms with Crippen molar-refractivity contribution in [3.8, 4) is 0 Å². The summed E-state index contributed by atoms with van der Waals surface area (Å²) in [5.74, 6) is -0.781. The molecule has 1 N–H and O–H groups in total. The first kappa shape index (κ1) is 11.1. The molecule has 2 aromatic rings. The maximum atomic E-state index is 11.2. The number of carbonyl (C=O) groups is 1. The lowest BCUT2D eigenvalue weighted by atomic mass is 9.91. The van der Waals surface area contributed by atoms with Crippen LogP contribution in [0.2, 0.25) is 0 Å². The Bertz CT molecular complexity index is 552. The van der Waals surface area contributed by atoms with Gasteiger partial charge in [0.2, 0.25) is 0 Å². The molecule has 0 atom stereocenters. The van der Waals surface area contributed by atoms with Gasteiger partial charge in [0.1, 0.15) is 0 Å². The summed E-state index contributed by atoms with van der Waals surface area (Å²) < 4.78 is 1.16. The van der Waals surface area contributed by atoms with Crippen molar-refractivity contribution >= 4 is 27.4 Å². The molecule has 3 heteroatoms. The Labute approximate surface area is 98.5 Å². The molecule has 2 nitrogen and oxygen atoms in total. The van der Waals surface area contributed by atoms with E-state index in [0.717, 1.165) is 15.0 Å². The van der Waals surface area contributed by atoms with Crippen molar-refractivity contribution in [3.63, 3.8) is 0 Å². The largest absolute Gasteiger partial charge is 0.481 e. The Morgan fingerprint density at radius 2 is 2.06 bits per heavy atom. The van der Waals surface area contributed by atoms with Crippen LogP contribution in [0.25, 0.3) is 10.1 Å². The van der Waals surface area contributed by atoms with Crippen molar-refractivity contribution < 1.29 is 9.90 Å². The van der Waals surface area contributed by atoms with Crippen LogP contribution in [-0.4, -0.2) is 11.1 Å². The Morgan fingerprint density at radius 3 is 2.62 bits per heavy atom. The minimum Gasteiger partial charge on any atom is -0.481 e. The van der Waals surface area contributed by atoms with Crippen LogP contribution >= 0.6 is 11.3 Å². The Morgan fingerprint density at radius 1 is 1.38 bits per heavy atom. The molecule has 0 aliphatic heterocycles. The molecule has 0 amide bonds. The van der Waals surface area contributed by atoms with E-state index in [9.17, 15) is 9.90 Å². The third kappa shape index (κ3) is 1.61. The van der Waals surface area contributed by atoms with E-state index in [-0.39, 0.29) is 0 Å². The molecule has 0 spiro atoms. The predicted octanol–water partition coefficient (Wildman–Crippen LogP) is 3.57. The monoisotopic (exact) mass is 234 g/mol. The summed E-state index contributed by atoms with van der Waals surface area (Å²) in [7, 11) is 0. The van der Waals surface area contributed by atoms with Crippen LogP contribution in [0.1, 0.15) is 24.3 Å².